The molecule has 0 spiro atoms. The van der Waals surface area contributed by atoms with Crippen molar-refractivity contribution in [1.82, 2.24) is 5.32 Å². The second-order valence-electron chi connectivity index (χ2n) is 8.86. The van der Waals surface area contributed by atoms with Crippen LogP contribution in [0.5, 0.6) is 0 Å². The molecule has 132 valence electrons. The van der Waals surface area contributed by atoms with Gasteiger partial charge in [-0.1, -0.05) is 37.6 Å². The smallest absolute Gasteiger partial charge is 0.404 e. The summed E-state index contributed by atoms with van der Waals surface area (Å²) in [7, 11) is 0. The quantitative estimate of drug-likeness (QED) is 0.641. The number of nitrogens with one attached hydrogen (secondary N) is 1. The van der Waals surface area contributed by atoms with E-state index in [1.54, 1.807) is 0 Å². The number of carbonyl (C=O) groups is 1. The van der Waals surface area contributed by atoms with Gasteiger partial charge >= 0.3 is 6.09 Å². The Labute approximate surface area is 144 Å². The van der Waals surface area contributed by atoms with Crippen molar-refractivity contribution >= 4 is 6.09 Å². The van der Waals surface area contributed by atoms with Crippen molar-refractivity contribution in [2.24, 2.45) is 28.6 Å². The molecule has 0 heterocycles. The highest BCUT2D eigenvalue weighted by molar-refractivity contribution is 5.65. The number of rotatable bonds is 1. The third-order valence-electron chi connectivity index (χ3n) is 7.96. The van der Waals surface area contributed by atoms with Gasteiger partial charge in [-0.3, -0.25) is 0 Å². The predicted molar refractivity (Wildman–Crippen MR) is 92.6 cm³/mol. The number of hydrogen-bond donors (Lipinski definition) is 3. The van der Waals surface area contributed by atoms with Crippen LogP contribution in [0, 0.1) is 28.6 Å². The van der Waals surface area contributed by atoms with E-state index in [4.69, 9.17) is 0 Å². The zero-order valence-corrected chi connectivity index (χ0v) is 14.7. The van der Waals surface area contributed by atoms with E-state index in [0.29, 0.717) is 17.8 Å². The Bertz CT molecular complexity index is 612. The minimum atomic E-state index is -0.881. The second-order valence-corrected chi connectivity index (χ2v) is 8.86. The van der Waals surface area contributed by atoms with Gasteiger partial charge in [-0.05, 0) is 61.7 Å². The minimum absolute atomic E-state index is 0.0851. The molecule has 4 unspecified atom stereocenters. The SMILES string of the molecule is C[C@]12CCC3C(CCC4=C[C@H](O)C=C[C@@]43C)C1CCC2NC(=O)O. The summed E-state index contributed by atoms with van der Waals surface area (Å²) in [6.45, 7) is 4.66. The third kappa shape index (κ3) is 2.18. The van der Waals surface area contributed by atoms with Gasteiger partial charge in [0, 0.05) is 11.5 Å². The average molecular weight is 331 g/mol. The molecule has 3 fully saturated rings. The van der Waals surface area contributed by atoms with Gasteiger partial charge in [0.2, 0.25) is 0 Å². The molecule has 4 nitrogen and oxygen atoms in total. The van der Waals surface area contributed by atoms with Gasteiger partial charge in [-0.15, -0.1) is 0 Å². The van der Waals surface area contributed by atoms with Crippen LogP contribution in [-0.4, -0.2) is 28.5 Å². The number of amides is 1. The summed E-state index contributed by atoms with van der Waals surface area (Å²) in [4.78, 5) is 11.2. The van der Waals surface area contributed by atoms with Gasteiger partial charge in [0.05, 0.1) is 6.10 Å². The van der Waals surface area contributed by atoms with Gasteiger partial charge in [-0.2, -0.15) is 0 Å². The first-order valence-corrected chi connectivity index (χ1v) is 9.42. The third-order valence-corrected chi connectivity index (χ3v) is 7.96. The average Bonchev–Trinajstić information content (AvgIpc) is 2.84. The lowest BCUT2D eigenvalue weighted by molar-refractivity contribution is -0.0256. The number of allylic oxidation sites excluding steroid dienone is 2. The first kappa shape index (κ1) is 16.2. The minimum Gasteiger partial charge on any atom is -0.465 e. The molecular formula is C20H29NO3. The lowest BCUT2D eigenvalue weighted by Crippen LogP contribution is -2.53. The van der Waals surface area contributed by atoms with Crippen LogP contribution in [0.15, 0.2) is 23.8 Å². The first-order chi connectivity index (χ1) is 11.3. The molecule has 4 heteroatoms. The van der Waals surface area contributed by atoms with Gasteiger partial charge in [-0.25, -0.2) is 4.79 Å². The van der Waals surface area contributed by atoms with E-state index in [1.165, 1.54) is 12.0 Å². The summed E-state index contributed by atoms with van der Waals surface area (Å²) in [5.41, 5.74) is 1.61. The fourth-order valence-electron chi connectivity index (χ4n) is 6.70. The van der Waals surface area contributed by atoms with Crippen LogP contribution in [0.2, 0.25) is 0 Å². The van der Waals surface area contributed by atoms with Gasteiger partial charge < -0.3 is 15.5 Å². The highest BCUT2D eigenvalue weighted by atomic mass is 16.4. The van der Waals surface area contributed by atoms with Crippen molar-refractivity contribution in [3.8, 4) is 0 Å². The molecule has 7 atom stereocenters. The molecule has 0 radical (unpaired) electrons. The Hall–Kier alpha value is -1.29. The van der Waals surface area contributed by atoms with Crippen molar-refractivity contribution < 1.29 is 15.0 Å². The molecule has 0 aromatic rings. The summed E-state index contributed by atoms with van der Waals surface area (Å²) in [5.74, 6) is 1.92. The number of carboxylic acid groups (broad SMARTS) is 1. The Kier molecular flexibility index (Phi) is 3.61. The highest BCUT2D eigenvalue weighted by Crippen LogP contribution is 2.64. The second kappa shape index (κ2) is 5.35. The maximum Gasteiger partial charge on any atom is 0.404 e. The topological polar surface area (TPSA) is 69.6 Å². The first-order valence-electron chi connectivity index (χ1n) is 9.42. The molecule has 24 heavy (non-hydrogen) atoms. The summed E-state index contributed by atoms with van der Waals surface area (Å²) >= 11 is 0. The molecule has 3 saturated carbocycles. The highest BCUT2D eigenvalue weighted by Gasteiger charge is 2.58. The van der Waals surface area contributed by atoms with Crippen LogP contribution in [0.1, 0.15) is 52.4 Å². The Morgan fingerprint density at radius 3 is 2.75 bits per heavy atom. The van der Waals surface area contributed by atoms with Crippen molar-refractivity contribution in [3.63, 3.8) is 0 Å². The molecule has 4 rings (SSSR count). The van der Waals surface area contributed by atoms with Gasteiger partial charge in [0.25, 0.3) is 0 Å². The number of hydrogen-bond acceptors (Lipinski definition) is 2. The Morgan fingerprint density at radius 2 is 2.00 bits per heavy atom. The molecule has 3 N–H and O–H groups in total. The molecular weight excluding hydrogens is 302 g/mol. The Morgan fingerprint density at radius 1 is 1.21 bits per heavy atom. The van der Waals surface area contributed by atoms with E-state index in [1.807, 2.05) is 6.08 Å². The fraction of sp³-hybridized carbons (Fsp3) is 0.750. The normalized spacial score (nSPS) is 49.6. The molecule has 0 aromatic heterocycles. The standard InChI is InChI=1S/C20H29NO3/c1-19-9-7-13(22)11-12(19)3-4-14-15-5-6-17(21-18(23)24)20(15,2)10-8-16(14)19/h7,9,11,13-17,21-22H,3-6,8,10H2,1-2H3,(H,23,24)/t13-,14?,15?,16?,17?,19+,20+/m1/s1. The van der Waals surface area contributed by atoms with Crippen LogP contribution < -0.4 is 5.32 Å². The van der Waals surface area contributed by atoms with E-state index < -0.39 is 12.2 Å². The van der Waals surface area contributed by atoms with Gasteiger partial charge in [0.15, 0.2) is 0 Å². The van der Waals surface area contributed by atoms with Crippen molar-refractivity contribution in [2.45, 2.75) is 64.5 Å². The summed E-state index contributed by atoms with van der Waals surface area (Å²) in [6, 6.07) is 0.106. The van der Waals surface area contributed by atoms with E-state index in [0.717, 1.165) is 32.1 Å². The zero-order valence-electron chi connectivity index (χ0n) is 14.7. The summed E-state index contributed by atoms with van der Waals surface area (Å²) in [6.07, 6.45) is 11.6. The van der Waals surface area contributed by atoms with E-state index in [-0.39, 0.29) is 16.9 Å². The van der Waals surface area contributed by atoms with Crippen LogP contribution >= 0.6 is 0 Å². The van der Waals surface area contributed by atoms with E-state index in [9.17, 15) is 15.0 Å². The Balaban J connectivity index is 1.62. The monoisotopic (exact) mass is 331 g/mol. The van der Waals surface area contributed by atoms with Crippen molar-refractivity contribution in [3.05, 3.63) is 23.8 Å². The van der Waals surface area contributed by atoms with Crippen molar-refractivity contribution in [1.29, 1.82) is 0 Å². The molecule has 4 aliphatic rings. The molecule has 4 aliphatic carbocycles. The summed E-state index contributed by atoms with van der Waals surface area (Å²) in [5, 5.41) is 21.9. The van der Waals surface area contributed by atoms with Crippen LogP contribution in [0.3, 0.4) is 0 Å². The summed E-state index contributed by atoms with van der Waals surface area (Å²) < 4.78 is 0. The molecule has 0 aromatic carbocycles. The maximum absolute atomic E-state index is 11.2. The van der Waals surface area contributed by atoms with E-state index in [2.05, 4.69) is 31.3 Å². The predicted octanol–water partition coefficient (Wildman–Crippen LogP) is 3.72. The maximum atomic E-state index is 11.2. The molecule has 0 saturated heterocycles. The molecule has 0 bridgehead atoms. The van der Waals surface area contributed by atoms with Crippen LogP contribution in [-0.2, 0) is 0 Å². The lowest BCUT2D eigenvalue weighted by Gasteiger charge is -2.57. The number of fused-ring (bicyclic) bond motifs is 5. The lowest BCUT2D eigenvalue weighted by atomic mass is 9.48. The fourth-order valence-corrected chi connectivity index (χ4v) is 6.70. The number of aliphatic hydroxyl groups is 1. The van der Waals surface area contributed by atoms with Crippen LogP contribution in [0.4, 0.5) is 4.79 Å². The van der Waals surface area contributed by atoms with Crippen LogP contribution in [0.25, 0.3) is 0 Å². The molecule has 0 aliphatic heterocycles. The van der Waals surface area contributed by atoms with Crippen molar-refractivity contribution in [2.75, 3.05) is 0 Å². The zero-order chi connectivity index (χ0) is 17.1. The number of aliphatic hydroxyl groups excluding tert-OH is 1. The van der Waals surface area contributed by atoms with Gasteiger partial charge in [0.1, 0.15) is 0 Å². The largest absolute Gasteiger partial charge is 0.465 e. The van der Waals surface area contributed by atoms with E-state index >= 15 is 0 Å². The molecule has 1 amide bonds.